The van der Waals surface area contributed by atoms with Gasteiger partial charge < -0.3 is 19.8 Å². The van der Waals surface area contributed by atoms with Crippen LogP contribution in [0.4, 0.5) is 0 Å². The van der Waals surface area contributed by atoms with Gasteiger partial charge in [0.15, 0.2) is 0 Å². The molecule has 6 nitrogen and oxygen atoms in total. The molecule has 0 spiro atoms. The van der Waals surface area contributed by atoms with Crippen molar-refractivity contribution in [1.29, 1.82) is 0 Å². The van der Waals surface area contributed by atoms with Crippen molar-refractivity contribution in [3.63, 3.8) is 0 Å². The molecule has 0 aromatic rings. The normalized spacial score (nSPS) is 35.4. The van der Waals surface area contributed by atoms with Crippen molar-refractivity contribution in [3.8, 4) is 0 Å². The minimum atomic E-state index is -0.892. The molecule has 1 saturated carbocycles. The smallest absolute Gasteiger partial charge is 0.307 e. The first-order chi connectivity index (χ1) is 9.04. The molecule has 6 heteroatoms. The molecule has 2 N–H and O–H groups in total. The summed E-state index contributed by atoms with van der Waals surface area (Å²) in [4.78, 5) is 25.4. The van der Waals surface area contributed by atoms with Crippen LogP contribution in [-0.4, -0.2) is 59.4 Å². The van der Waals surface area contributed by atoms with E-state index in [0.717, 1.165) is 0 Å². The number of hydrogen-bond acceptors (Lipinski definition) is 4. The molecular weight excluding hydrogens is 250 g/mol. The van der Waals surface area contributed by atoms with E-state index in [1.54, 1.807) is 4.90 Å². The first-order valence-electron chi connectivity index (χ1n) is 6.76. The SMILES string of the molecule is CC1C[C@H](C(=O)N2CCOCC2CO)[C@H](C(=O)O)C1. The molecule has 0 aromatic heterocycles. The lowest BCUT2D eigenvalue weighted by Crippen LogP contribution is -2.53. The van der Waals surface area contributed by atoms with Gasteiger partial charge in [0.25, 0.3) is 0 Å². The number of carboxylic acid groups (broad SMARTS) is 1. The van der Waals surface area contributed by atoms with Crippen molar-refractivity contribution < 1.29 is 24.5 Å². The number of aliphatic hydroxyl groups excluding tert-OH is 1. The number of rotatable bonds is 3. The van der Waals surface area contributed by atoms with Gasteiger partial charge in [-0.25, -0.2) is 0 Å². The highest BCUT2D eigenvalue weighted by atomic mass is 16.5. The molecular formula is C13H21NO5. The average Bonchev–Trinajstić information content (AvgIpc) is 2.80. The molecule has 0 bridgehead atoms. The molecule has 108 valence electrons. The number of hydrogen-bond donors (Lipinski definition) is 2. The van der Waals surface area contributed by atoms with Crippen LogP contribution in [-0.2, 0) is 14.3 Å². The molecule has 1 heterocycles. The van der Waals surface area contributed by atoms with Gasteiger partial charge in [-0.15, -0.1) is 0 Å². The Kier molecular flexibility index (Phi) is 4.42. The fourth-order valence-electron chi connectivity index (χ4n) is 3.15. The van der Waals surface area contributed by atoms with Gasteiger partial charge in [-0.3, -0.25) is 9.59 Å². The Bertz CT molecular complexity index is 359. The van der Waals surface area contributed by atoms with Crippen LogP contribution < -0.4 is 0 Å². The van der Waals surface area contributed by atoms with Crippen molar-refractivity contribution in [3.05, 3.63) is 0 Å². The molecule has 2 rings (SSSR count). The maximum Gasteiger partial charge on any atom is 0.307 e. The van der Waals surface area contributed by atoms with E-state index in [-0.39, 0.29) is 24.5 Å². The van der Waals surface area contributed by atoms with Gasteiger partial charge in [0.2, 0.25) is 5.91 Å². The summed E-state index contributed by atoms with van der Waals surface area (Å²) in [7, 11) is 0. The number of carbonyl (C=O) groups excluding carboxylic acids is 1. The second-order valence-electron chi connectivity index (χ2n) is 5.57. The van der Waals surface area contributed by atoms with Crippen molar-refractivity contribution >= 4 is 11.9 Å². The van der Waals surface area contributed by atoms with E-state index in [1.807, 2.05) is 6.92 Å². The number of aliphatic hydroxyl groups is 1. The van der Waals surface area contributed by atoms with E-state index >= 15 is 0 Å². The number of nitrogens with zero attached hydrogens (tertiary/aromatic N) is 1. The first-order valence-corrected chi connectivity index (χ1v) is 6.76. The molecule has 1 saturated heterocycles. The van der Waals surface area contributed by atoms with Gasteiger partial charge in [0.1, 0.15) is 0 Å². The third kappa shape index (κ3) is 2.90. The van der Waals surface area contributed by atoms with Gasteiger partial charge in [-0.1, -0.05) is 6.92 Å². The number of amides is 1. The number of carbonyl (C=O) groups is 2. The summed E-state index contributed by atoms with van der Waals surface area (Å²) < 4.78 is 5.24. The van der Waals surface area contributed by atoms with E-state index in [0.29, 0.717) is 32.6 Å². The second kappa shape index (κ2) is 5.88. The van der Waals surface area contributed by atoms with Crippen LogP contribution in [0.1, 0.15) is 19.8 Å². The largest absolute Gasteiger partial charge is 0.481 e. The molecule has 0 aromatic carbocycles. The standard InChI is InChI=1S/C13H21NO5/c1-8-4-10(11(5-8)13(17)18)12(16)14-2-3-19-7-9(14)6-15/h8-11,15H,2-7H2,1H3,(H,17,18)/t8?,9?,10-,11+/m0/s1. The Morgan fingerprint density at radius 1 is 1.32 bits per heavy atom. The summed E-state index contributed by atoms with van der Waals surface area (Å²) in [6.45, 7) is 3.03. The zero-order valence-corrected chi connectivity index (χ0v) is 11.1. The zero-order chi connectivity index (χ0) is 14.0. The van der Waals surface area contributed by atoms with Crippen LogP contribution in [0.5, 0.6) is 0 Å². The molecule has 0 radical (unpaired) electrons. The summed E-state index contributed by atoms with van der Waals surface area (Å²) in [5.74, 6) is -1.83. The molecule has 1 aliphatic heterocycles. The highest BCUT2D eigenvalue weighted by Gasteiger charge is 2.44. The van der Waals surface area contributed by atoms with Crippen LogP contribution in [0, 0.1) is 17.8 Å². The van der Waals surface area contributed by atoms with E-state index in [1.165, 1.54) is 0 Å². The quantitative estimate of drug-likeness (QED) is 0.751. The van der Waals surface area contributed by atoms with Gasteiger partial charge in [-0.2, -0.15) is 0 Å². The predicted octanol–water partition coefficient (Wildman–Crippen LogP) is -0.0470. The highest BCUT2D eigenvalue weighted by molar-refractivity contribution is 5.85. The number of carboxylic acids is 1. The van der Waals surface area contributed by atoms with Gasteiger partial charge in [0.05, 0.1) is 37.7 Å². The van der Waals surface area contributed by atoms with E-state index < -0.39 is 17.8 Å². The molecule has 1 amide bonds. The monoisotopic (exact) mass is 271 g/mol. The Labute approximate surface area is 112 Å². The summed E-state index contributed by atoms with van der Waals surface area (Å²) in [6, 6.07) is -0.341. The fourth-order valence-corrected chi connectivity index (χ4v) is 3.15. The molecule has 1 aliphatic carbocycles. The third-order valence-electron chi connectivity index (χ3n) is 4.15. The van der Waals surface area contributed by atoms with Crippen LogP contribution in [0.3, 0.4) is 0 Å². The zero-order valence-electron chi connectivity index (χ0n) is 11.1. The van der Waals surface area contributed by atoms with E-state index in [4.69, 9.17) is 4.74 Å². The lowest BCUT2D eigenvalue weighted by Gasteiger charge is -2.36. The minimum Gasteiger partial charge on any atom is -0.481 e. The molecule has 19 heavy (non-hydrogen) atoms. The lowest BCUT2D eigenvalue weighted by molar-refractivity contribution is -0.154. The number of morpholine rings is 1. The van der Waals surface area contributed by atoms with Gasteiger partial charge in [0, 0.05) is 6.54 Å². The Morgan fingerprint density at radius 3 is 2.63 bits per heavy atom. The lowest BCUT2D eigenvalue weighted by atomic mass is 9.94. The third-order valence-corrected chi connectivity index (χ3v) is 4.15. The van der Waals surface area contributed by atoms with Crippen molar-refractivity contribution in [1.82, 2.24) is 4.90 Å². The van der Waals surface area contributed by atoms with Gasteiger partial charge >= 0.3 is 5.97 Å². The Morgan fingerprint density at radius 2 is 2.00 bits per heavy atom. The highest BCUT2D eigenvalue weighted by Crippen LogP contribution is 2.38. The Balaban J connectivity index is 2.11. The summed E-state index contributed by atoms with van der Waals surface area (Å²) >= 11 is 0. The predicted molar refractivity (Wildman–Crippen MR) is 66.4 cm³/mol. The molecule has 2 unspecified atom stereocenters. The summed E-state index contributed by atoms with van der Waals surface area (Å²) in [5, 5.41) is 18.5. The molecule has 2 aliphatic rings. The molecule has 4 atom stereocenters. The van der Waals surface area contributed by atoms with Crippen LogP contribution >= 0.6 is 0 Å². The fraction of sp³-hybridized carbons (Fsp3) is 0.846. The average molecular weight is 271 g/mol. The van der Waals surface area contributed by atoms with E-state index in [9.17, 15) is 19.8 Å². The summed E-state index contributed by atoms with van der Waals surface area (Å²) in [5.41, 5.74) is 0. The first kappa shape index (κ1) is 14.3. The van der Waals surface area contributed by atoms with Crippen molar-refractivity contribution in [2.75, 3.05) is 26.4 Å². The maximum absolute atomic E-state index is 12.5. The van der Waals surface area contributed by atoms with Crippen LogP contribution in [0.25, 0.3) is 0 Å². The Hall–Kier alpha value is -1.14. The van der Waals surface area contributed by atoms with Gasteiger partial charge in [-0.05, 0) is 18.8 Å². The minimum absolute atomic E-state index is 0.140. The van der Waals surface area contributed by atoms with Crippen molar-refractivity contribution in [2.45, 2.75) is 25.8 Å². The van der Waals surface area contributed by atoms with Crippen LogP contribution in [0.2, 0.25) is 0 Å². The maximum atomic E-state index is 12.5. The molecule has 2 fully saturated rings. The second-order valence-corrected chi connectivity index (χ2v) is 5.57. The number of ether oxygens (including phenoxy) is 1. The van der Waals surface area contributed by atoms with E-state index in [2.05, 4.69) is 0 Å². The van der Waals surface area contributed by atoms with Crippen molar-refractivity contribution in [2.24, 2.45) is 17.8 Å². The number of aliphatic carboxylic acids is 1. The summed E-state index contributed by atoms with van der Waals surface area (Å²) in [6.07, 6.45) is 1.17. The topological polar surface area (TPSA) is 87.1 Å². The van der Waals surface area contributed by atoms with Crippen LogP contribution in [0.15, 0.2) is 0 Å².